The van der Waals surface area contributed by atoms with Crippen LogP contribution in [0.15, 0.2) is 0 Å². The molecular formula is H4CuLaOSr. The van der Waals surface area contributed by atoms with Crippen LogP contribution in [0.4, 0.5) is 0 Å². The van der Waals surface area contributed by atoms with Gasteiger partial charge in [-0.3, -0.25) is 0 Å². The van der Waals surface area contributed by atoms with E-state index in [4.69, 9.17) is 0 Å². The third kappa shape index (κ3) is 8.94. The topological polar surface area (TPSA) is 31.5 Å². The van der Waals surface area contributed by atoms with Crippen LogP contribution in [-0.2, 0) is 17.1 Å². The molecule has 0 spiro atoms. The molecule has 0 aliphatic rings. The Labute approximate surface area is 104 Å². The van der Waals surface area contributed by atoms with Gasteiger partial charge in [0.1, 0.15) is 0 Å². The molecule has 0 aromatic carbocycles. The average Bonchev–Trinajstić information content (AvgIpc) is 0. The van der Waals surface area contributed by atoms with Crippen molar-refractivity contribution in [3.05, 3.63) is 0 Å². The summed E-state index contributed by atoms with van der Waals surface area (Å²) in [5.41, 5.74) is 0. The molecule has 0 atom stereocenters. The average molecular weight is 310 g/mol. The molecule has 0 amide bonds. The van der Waals surface area contributed by atoms with E-state index in [1.807, 2.05) is 0 Å². The molecule has 0 fully saturated rings. The summed E-state index contributed by atoms with van der Waals surface area (Å²) < 4.78 is 0. The van der Waals surface area contributed by atoms with Gasteiger partial charge in [0, 0.05) is 52.7 Å². The summed E-state index contributed by atoms with van der Waals surface area (Å²) in [7, 11) is 0. The van der Waals surface area contributed by atoms with Crippen LogP contribution in [0, 0.1) is 35.6 Å². The van der Waals surface area contributed by atoms with Crippen molar-refractivity contribution in [2.45, 2.75) is 0 Å². The van der Waals surface area contributed by atoms with Crippen LogP contribution in [0.3, 0.4) is 0 Å². The molecule has 1 nitrogen and oxygen atoms in total. The van der Waals surface area contributed by atoms with E-state index in [-0.39, 0.29) is 106 Å². The van der Waals surface area contributed by atoms with Crippen LogP contribution >= 0.6 is 0 Å². The molecule has 2 radical (unpaired) electrons. The van der Waals surface area contributed by atoms with Crippen molar-refractivity contribution in [3.63, 3.8) is 0 Å². The molecule has 0 aliphatic carbocycles. The predicted molar refractivity (Wildman–Crippen MR) is 11.6 cm³/mol. The third-order valence-electron chi connectivity index (χ3n) is 0. The maximum atomic E-state index is 0. The molecule has 0 aliphatic heterocycles. The van der Waals surface area contributed by atoms with Crippen molar-refractivity contribution in [3.8, 4) is 0 Å². The summed E-state index contributed by atoms with van der Waals surface area (Å²) in [5.74, 6) is 0. The van der Waals surface area contributed by atoms with Gasteiger partial charge in [-0.05, 0) is 0 Å². The number of rotatable bonds is 0. The molecule has 26 valence electrons. The molecule has 0 aromatic heterocycles. The predicted octanol–water partition coefficient (Wildman–Crippen LogP) is -0.983. The van der Waals surface area contributed by atoms with Crippen LogP contribution in [0.25, 0.3) is 0 Å². The van der Waals surface area contributed by atoms with Gasteiger partial charge in [-0.1, -0.05) is 0 Å². The van der Waals surface area contributed by atoms with E-state index in [0.29, 0.717) is 0 Å². The van der Waals surface area contributed by atoms with Gasteiger partial charge in [-0.15, -0.1) is 0 Å². The van der Waals surface area contributed by atoms with E-state index in [0.717, 1.165) is 0 Å². The minimum atomic E-state index is 0. The van der Waals surface area contributed by atoms with E-state index in [9.17, 15) is 0 Å². The normalized spacial score (nSPS) is 0. The van der Waals surface area contributed by atoms with Crippen LogP contribution in [0.1, 0.15) is 2.85 Å². The number of hydrogen-bond donors (Lipinski definition) is 0. The van der Waals surface area contributed by atoms with Gasteiger partial charge >= 0.3 is 45.5 Å². The van der Waals surface area contributed by atoms with E-state index in [2.05, 4.69) is 0 Å². The summed E-state index contributed by atoms with van der Waals surface area (Å²) in [5, 5.41) is 0. The summed E-state index contributed by atoms with van der Waals surface area (Å²) in [6.45, 7) is 0. The molecule has 0 unspecified atom stereocenters. The quantitative estimate of drug-likeness (QED) is 0.515. The zero-order valence-electron chi connectivity index (χ0n) is 4.09. The summed E-state index contributed by atoms with van der Waals surface area (Å²) in [4.78, 5) is 0. The first-order valence-electron chi connectivity index (χ1n) is 0. The summed E-state index contributed by atoms with van der Waals surface area (Å²) in [6, 6.07) is 0. The molecule has 0 saturated heterocycles. The maximum absolute atomic E-state index is 0. The fourth-order valence-electron chi connectivity index (χ4n) is 0. The Balaban J connectivity index is 0. The Morgan fingerprint density at radius 1 is 1.25 bits per heavy atom. The Morgan fingerprint density at radius 3 is 1.25 bits per heavy atom. The van der Waals surface area contributed by atoms with Gasteiger partial charge < -0.3 is 8.33 Å². The first-order chi connectivity index (χ1) is 0. The summed E-state index contributed by atoms with van der Waals surface area (Å²) >= 11 is 0. The Bertz CT molecular complexity index is 13.5. The van der Waals surface area contributed by atoms with Crippen molar-refractivity contribution in [1.82, 2.24) is 0 Å². The van der Waals surface area contributed by atoms with Crippen molar-refractivity contribution < 1.29 is 61.0 Å². The minimum absolute atomic E-state index is 0. The second-order valence-corrected chi connectivity index (χ2v) is 0. The third-order valence-corrected chi connectivity index (χ3v) is 0. The van der Waals surface area contributed by atoms with Crippen molar-refractivity contribution >= 4 is 45.5 Å². The fourth-order valence-corrected chi connectivity index (χ4v) is 0. The first kappa shape index (κ1) is 27.2. The Kier molecular flexibility index (Phi) is 112. The second-order valence-electron chi connectivity index (χ2n) is 0. The molecular weight excluding hydrogens is 306 g/mol. The molecule has 0 aromatic rings. The van der Waals surface area contributed by atoms with Crippen molar-refractivity contribution in [1.29, 1.82) is 0 Å². The molecule has 0 bridgehead atoms. The molecule has 0 rings (SSSR count). The van der Waals surface area contributed by atoms with Gasteiger partial charge in [0.2, 0.25) is 0 Å². The molecule has 4 heavy (non-hydrogen) atoms. The van der Waals surface area contributed by atoms with Crippen LogP contribution in [0.2, 0.25) is 0 Å². The monoisotopic (exact) mass is 310 g/mol. The van der Waals surface area contributed by atoms with Crippen molar-refractivity contribution in [2.75, 3.05) is 0 Å². The fraction of sp³-hybridized carbons (Fsp3) is 0. The van der Waals surface area contributed by atoms with Gasteiger partial charge in [0.15, 0.2) is 0 Å². The van der Waals surface area contributed by atoms with Crippen LogP contribution < -0.4 is 0 Å². The van der Waals surface area contributed by atoms with Gasteiger partial charge in [0.25, 0.3) is 0 Å². The van der Waals surface area contributed by atoms with Crippen molar-refractivity contribution in [2.24, 2.45) is 0 Å². The largest absolute Gasteiger partial charge is 2.00 e. The van der Waals surface area contributed by atoms with Gasteiger partial charge in [-0.2, -0.15) is 0 Å². The van der Waals surface area contributed by atoms with E-state index < -0.39 is 0 Å². The second kappa shape index (κ2) is 16.4. The Morgan fingerprint density at radius 2 is 1.25 bits per heavy atom. The first-order valence-corrected chi connectivity index (χ1v) is 0. The van der Waals surface area contributed by atoms with Crippen LogP contribution in [0.5, 0.6) is 0 Å². The number of hydrogen-bond acceptors (Lipinski definition) is 0. The molecule has 2 N–H and O–H groups in total. The molecule has 4 heteroatoms. The zero-order valence-corrected chi connectivity index (χ0v) is 10.1. The maximum Gasteiger partial charge on any atom is 2.00 e. The van der Waals surface area contributed by atoms with E-state index in [1.54, 1.807) is 0 Å². The minimum Gasteiger partial charge on any atom is -1.00 e. The molecule has 0 heterocycles. The van der Waals surface area contributed by atoms with E-state index in [1.165, 1.54) is 0 Å². The van der Waals surface area contributed by atoms with E-state index >= 15 is 0 Å². The summed E-state index contributed by atoms with van der Waals surface area (Å²) in [6.07, 6.45) is 0. The van der Waals surface area contributed by atoms with Gasteiger partial charge in [0.05, 0.1) is 0 Å². The molecule has 0 saturated carbocycles. The Hall–Kier alpha value is 3.15. The zero-order chi connectivity index (χ0) is 0. The van der Waals surface area contributed by atoms with Gasteiger partial charge in [-0.25, -0.2) is 0 Å². The standard InChI is InChI=1S/Cu.La.H2O.Sr.2H/h;;1H2;;;/q;;;+2;2*-1. The SMILES string of the molecule is O.[Cu].[H-].[H-].[La].[Sr+2]. The van der Waals surface area contributed by atoms with Crippen LogP contribution in [-0.4, -0.2) is 51.0 Å². The smallest absolute Gasteiger partial charge is 1.00 e.